The van der Waals surface area contributed by atoms with Crippen molar-refractivity contribution in [2.24, 2.45) is 4.99 Å². The topological polar surface area (TPSA) is 113 Å². The Morgan fingerprint density at radius 1 is 1.09 bits per heavy atom. The van der Waals surface area contributed by atoms with Crippen molar-refractivity contribution in [3.05, 3.63) is 40.4 Å². The summed E-state index contributed by atoms with van der Waals surface area (Å²) in [6.07, 6.45) is 0. The quantitative estimate of drug-likeness (QED) is 0.499. The molecule has 12 heteroatoms. The van der Waals surface area contributed by atoms with Gasteiger partial charge in [-0.05, 0) is 41.3 Å². The van der Waals surface area contributed by atoms with Crippen LogP contribution in [0.5, 0.6) is 0 Å². The van der Waals surface area contributed by atoms with Crippen LogP contribution in [0.25, 0.3) is 22.3 Å². The largest absolute Gasteiger partial charge is 0.368 e. The fraction of sp³-hybridized carbons (Fsp3) is 0.261. The summed E-state index contributed by atoms with van der Waals surface area (Å²) in [5.74, 6) is 3.61. The second-order valence-corrected chi connectivity index (χ2v) is 9.52. The van der Waals surface area contributed by atoms with E-state index in [0.29, 0.717) is 64.8 Å². The molecule has 1 fully saturated rings. The minimum absolute atomic E-state index is 0.0990. The predicted molar refractivity (Wildman–Crippen MR) is 142 cm³/mol. The van der Waals surface area contributed by atoms with E-state index in [2.05, 4.69) is 41.2 Å². The molecule has 0 unspecified atom stereocenters. The zero-order valence-electron chi connectivity index (χ0n) is 18.5. The molecule has 1 saturated heterocycles. The molecule has 2 aromatic heterocycles. The Kier molecular flexibility index (Phi) is 6.92. The molecule has 1 aromatic carbocycles. The maximum atomic E-state index is 12.4. The van der Waals surface area contributed by atoms with Crippen LogP contribution < -0.4 is 16.0 Å². The number of amidine groups is 1. The highest BCUT2D eigenvalue weighted by molar-refractivity contribution is 8.17. The number of carbonyl (C=O) groups excluding carboxylic acids is 1. The number of aliphatic imine (C=N–C) groups is 1. The van der Waals surface area contributed by atoms with Crippen molar-refractivity contribution in [2.75, 3.05) is 49.9 Å². The van der Waals surface area contributed by atoms with E-state index in [9.17, 15) is 4.79 Å². The Labute approximate surface area is 216 Å². The number of amides is 1. The van der Waals surface area contributed by atoms with E-state index in [0.717, 1.165) is 11.3 Å². The minimum atomic E-state index is -0.0990. The number of rotatable bonds is 4. The third kappa shape index (κ3) is 5.44. The van der Waals surface area contributed by atoms with Crippen molar-refractivity contribution in [1.29, 1.82) is 0 Å². The predicted octanol–water partition coefficient (Wildman–Crippen LogP) is 2.88. The van der Waals surface area contributed by atoms with Crippen molar-refractivity contribution in [1.82, 2.24) is 25.2 Å². The average Bonchev–Trinajstić information content (AvgIpc) is 2.86. The zero-order chi connectivity index (χ0) is 24.4. The van der Waals surface area contributed by atoms with Gasteiger partial charge in [-0.1, -0.05) is 35.2 Å². The average molecular weight is 527 g/mol. The molecule has 5 rings (SSSR count). The number of pyridine rings is 1. The number of nitrogens with two attached hydrogens (primary N) is 1. The van der Waals surface area contributed by atoms with Crippen LogP contribution in [0.4, 0.5) is 11.8 Å². The van der Waals surface area contributed by atoms with Gasteiger partial charge in [0.25, 0.3) is 0 Å². The van der Waals surface area contributed by atoms with Crippen LogP contribution in [-0.4, -0.2) is 70.2 Å². The number of nitrogen functional groups attached to an aromatic ring is 1. The fourth-order valence-electron chi connectivity index (χ4n) is 3.86. The molecule has 3 N–H and O–H groups in total. The van der Waals surface area contributed by atoms with E-state index in [-0.39, 0.29) is 18.4 Å². The molecule has 0 radical (unpaired) electrons. The number of hydrogen-bond donors (Lipinski definition) is 2. The molecule has 3 aromatic rings. The summed E-state index contributed by atoms with van der Waals surface area (Å²) in [6, 6.07) is 9.14. The minimum Gasteiger partial charge on any atom is -0.368 e. The van der Waals surface area contributed by atoms with E-state index in [1.807, 2.05) is 18.2 Å². The zero-order valence-corrected chi connectivity index (χ0v) is 20.8. The van der Waals surface area contributed by atoms with Crippen LogP contribution in [-0.2, 0) is 4.79 Å². The molecule has 0 atom stereocenters. The molecule has 0 bridgehead atoms. The number of halogens is 2. The summed E-state index contributed by atoms with van der Waals surface area (Å²) in [4.78, 5) is 34.5. The monoisotopic (exact) mass is 526 g/mol. The number of thioether (sulfide) groups is 1. The summed E-state index contributed by atoms with van der Waals surface area (Å²) in [5, 5.41) is 7.19. The third-order valence-corrected chi connectivity index (χ3v) is 6.97. The molecule has 178 valence electrons. The number of nitrogens with zero attached hydrogens (tertiary/aromatic N) is 6. The normalized spacial score (nSPS) is 15.9. The van der Waals surface area contributed by atoms with E-state index in [1.54, 1.807) is 12.1 Å². The van der Waals surface area contributed by atoms with Gasteiger partial charge in [0, 0.05) is 31.7 Å². The Bertz CT molecular complexity index is 1400. The third-order valence-electron chi connectivity index (χ3n) is 5.56. The second kappa shape index (κ2) is 10.3. The molecular weight excluding hydrogens is 507 g/mol. The number of aromatic nitrogens is 3. The molecule has 4 heterocycles. The van der Waals surface area contributed by atoms with Crippen LogP contribution in [0.2, 0.25) is 10.0 Å². The van der Waals surface area contributed by atoms with Gasteiger partial charge < -0.3 is 16.0 Å². The Balaban J connectivity index is 1.32. The van der Waals surface area contributed by atoms with Gasteiger partial charge in [0.15, 0.2) is 11.0 Å². The van der Waals surface area contributed by atoms with Gasteiger partial charge in [0.1, 0.15) is 12.1 Å². The smallest absolute Gasteiger partial charge is 0.240 e. The van der Waals surface area contributed by atoms with Crippen LogP contribution >= 0.6 is 35.0 Å². The lowest BCUT2D eigenvalue weighted by atomic mass is 10.1. The van der Waals surface area contributed by atoms with Crippen molar-refractivity contribution < 1.29 is 4.79 Å². The highest BCUT2D eigenvalue weighted by atomic mass is 35.5. The summed E-state index contributed by atoms with van der Waals surface area (Å²) in [5.41, 5.74) is 8.89. The first-order valence-corrected chi connectivity index (χ1v) is 12.4. The van der Waals surface area contributed by atoms with Gasteiger partial charge in [0.2, 0.25) is 11.9 Å². The Hall–Kier alpha value is -3.10. The molecule has 2 aliphatic rings. The number of anilines is 2. The van der Waals surface area contributed by atoms with E-state index in [4.69, 9.17) is 33.9 Å². The number of hydrogen-bond acceptors (Lipinski definition) is 9. The van der Waals surface area contributed by atoms with Crippen molar-refractivity contribution in [3.63, 3.8) is 0 Å². The summed E-state index contributed by atoms with van der Waals surface area (Å²) in [6.45, 7) is 3.40. The molecule has 2 aliphatic heterocycles. The van der Waals surface area contributed by atoms with Crippen molar-refractivity contribution in [2.45, 2.75) is 0 Å². The fourth-order valence-corrected chi connectivity index (χ4v) is 4.68. The van der Waals surface area contributed by atoms with Crippen LogP contribution in [0, 0.1) is 11.2 Å². The lowest BCUT2D eigenvalue weighted by Gasteiger charge is -2.35. The van der Waals surface area contributed by atoms with Crippen molar-refractivity contribution >= 4 is 68.8 Å². The maximum Gasteiger partial charge on any atom is 0.240 e. The molecule has 0 aliphatic carbocycles. The molecule has 35 heavy (non-hydrogen) atoms. The summed E-state index contributed by atoms with van der Waals surface area (Å²) >= 11 is 13.5. The molecule has 0 saturated carbocycles. The molecular formula is C23H20Cl2N8OS. The van der Waals surface area contributed by atoms with Gasteiger partial charge >= 0.3 is 0 Å². The Morgan fingerprint density at radius 3 is 2.66 bits per heavy atom. The SMILES string of the molecule is Nc1nc(N2CCN(CC(=O)NC3=NCC#CS3)CC2)c2nc(-c3ccc(Cl)c(Cl)c3)ccc2n1. The number of piperazine rings is 1. The summed E-state index contributed by atoms with van der Waals surface area (Å²) < 4.78 is 0. The van der Waals surface area contributed by atoms with E-state index in [1.165, 1.54) is 11.8 Å². The van der Waals surface area contributed by atoms with Crippen LogP contribution in [0.1, 0.15) is 0 Å². The first-order chi connectivity index (χ1) is 17.0. The highest BCUT2D eigenvalue weighted by Gasteiger charge is 2.23. The molecule has 0 spiro atoms. The van der Waals surface area contributed by atoms with Gasteiger partial charge in [-0.15, -0.1) is 0 Å². The lowest BCUT2D eigenvalue weighted by Crippen LogP contribution is -2.50. The maximum absolute atomic E-state index is 12.4. The summed E-state index contributed by atoms with van der Waals surface area (Å²) in [7, 11) is 0. The van der Waals surface area contributed by atoms with Gasteiger partial charge in [0.05, 0.1) is 27.8 Å². The van der Waals surface area contributed by atoms with E-state index < -0.39 is 0 Å². The molecule has 1 amide bonds. The van der Waals surface area contributed by atoms with Gasteiger partial charge in [-0.25, -0.2) is 15.0 Å². The first-order valence-electron chi connectivity index (χ1n) is 10.8. The standard InChI is InChI=1S/C23H20Cl2N8OS/c24-15-3-2-14(12-16(15)25)17-4-5-18-20(28-17)21(31-22(26)29-18)33-9-7-32(8-10-33)13-19(34)30-23-27-6-1-11-35-23/h2-5,12H,6-10,13H2,(H2,26,29,31)(H,27,30,34). The number of benzene rings is 1. The first kappa shape index (κ1) is 23.6. The van der Waals surface area contributed by atoms with Crippen molar-refractivity contribution in [3.8, 4) is 22.4 Å². The second-order valence-electron chi connectivity index (χ2n) is 7.91. The lowest BCUT2D eigenvalue weighted by molar-refractivity contribution is -0.120. The Morgan fingerprint density at radius 2 is 1.91 bits per heavy atom. The highest BCUT2D eigenvalue weighted by Crippen LogP contribution is 2.30. The number of fused-ring (bicyclic) bond motifs is 1. The number of nitrogens with one attached hydrogen (secondary N) is 1. The van der Waals surface area contributed by atoms with Gasteiger partial charge in [-0.2, -0.15) is 4.98 Å². The van der Waals surface area contributed by atoms with Gasteiger partial charge in [-0.3, -0.25) is 9.69 Å². The van der Waals surface area contributed by atoms with E-state index >= 15 is 0 Å². The van der Waals surface area contributed by atoms with Crippen LogP contribution in [0.15, 0.2) is 35.3 Å². The number of carbonyl (C=O) groups is 1. The van der Waals surface area contributed by atoms with Crippen LogP contribution in [0.3, 0.4) is 0 Å². The molecule has 9 nitrogen and oxygen atoms in total.